The summed E-state index contributed by atoms with van der Waals surface area (Å²) in [6, 6.07) is 0. The van der Waals surface area contributed by atoms with E-state index in [2.05, 4.69) is 0 Å². The predicted octanol–water partition coefficient (Wildman–Crippen LogP) is -0.0192. The van der Waals surface area contributed by atoms with E-state index >= 15 is 0 Å². The smallest absolute Gasteiger partial charge is 0.408 e. The van der Waals surface area contributed by atoms with E-state index in [-0.39, 0.29) is 19.1 Å². The average molecular weight is 201 g/mol. The fourth-order valence-electron chi connectivity index (χ4n) is 2.23. The first-order valence-electron chi connectivity index (χ1n) is 4.43. The van der Waals surface area contributed by atoms with E-state index in [4.69, 9.17) is 14.9 Å². The molecule has 3 unspecified atom stereocenters. The minimum atomic E-state index is -1.36. The summed E-state index contributed by atoms with van der Waals surface area (Å²) in [5, 5.41) is 18.0. The summed E-state index contributed by atoms with van der Waals surface area (Å²) in [5.74, 6) is -1.12. The third-order valence-corrected chi connectivity index (χ3v) is 3.04. The summed E-state index contributed by atoms with van der Waals surface area (Å²) >= 11 is 0. The van der Waals surface area contributed by atoms with Gasteiger partial charge in [0.2, 0.25) is 0 Å². The number of fused-ring (bicyclic) bond motifs is 1. The van der Waals surface area contributed by atoms with Crippen molar-refractivity contribution in [1.29, 1.82) is 0 Å². The van der Waals surface area contributed by atoms with Gasteiger partial charge in [-0.3, -0.25) is 4.90 Å². The molecule has 0 spiro atoms. The van der Waals surface area contributed by atoms with Crippen molar-refractivity contribution >= 4 is 12.1 Å². The van der Waals surface area contributed by atoms with Crippen molar-refractivity contribution in [3.8, 4) is 0 Å². The van der Waals surface area contributed by atoms with Crippen LogP contribution in [-0.4, -0.2) is 51.5 Å². The van der Waals surface area contributed by atoms with Crippen LogP contribution in [0.25, 0.3) is 0 Å². The fraction of sp³-hybridized carbons (Fsp3) is 0.750. The Balaban J connectivity index is 2.36. The third-order valence-electron chi connectivity index (χ3n) is 3.04. The van der Waals surface area contributed by atoms with Crippen molar-refractivity contribution in [1.82, 2.24) is 4.90 Å². The van der Waals surface area contributed by atoms with Crippen LogP contribution >= 0.6 is 0 Å². The van der Waals surface area contributed by atoms with Crippen LogP contribution in [-0.2, 0) is 9.53 Å². The van der Waals surface area contributed by atoms with Gasteiger partial charge in [-0.25, -0.2) is 9.59 Å². The minimum absolute atomic E-state index is 0.167. The summed E-state index contributed by atoms with van der Waals surface area (Å²) in [4.78, 5) is 23.0. The van der Waals surface area contributed by atoms with Crippen molar-refractivity contribution in [2.75, 3.05) is 6.54 Å². The number of rotatable bonds is 2. The van der Waals surface area contributed by atoms with Crippen molar-refractivity contribution in [2.24, 2.45) is 0 Å². The van der Waals surface area contributed by atoms with Crippen LogP contribution in [0.1, 0.15) is 13.3 Å². The molecule has 2 fully saturated rings. The van der Waals surface area contributed by atoms with Crippen LogP contribution < -0.4 is 0 Å². The van der Waals surface area contributed by atoms with Gasteiger partial charge >= 0.3 is 12.1 Å². The topological polar surface area (TPSA) is 90.4 Å². The average Bonchev–Trinajstić information content (AvgIpc) is 2.79. The van der Waals surface area contributed by atoms with Crippen molar-refractivity contribution in [3.63, 3.8) is 0 Å². The molecule has 2 aliphatic rings. The molecule has 2 aliphatic heterocycles. The summed E-state index contributed by atoms with van der Waals surface area (Å²) in [7, 11) is 0. The van der Waals surface area contributed by atoms with Crippen LogP contribution in [0.3, 0.4) is 0 Å². The highest BCUT2D eigenvalue weighted by Crippen LogP contribution is 2.46. The second-order valence-corrected chi connectivity index (χ2v) is 3.57. The Hall–Kier alpha value is -1.30. The van der Waals surface area contributed by atoms with Gasteiger partial charge < -0.3 is 14.9 Å². The number of ether oxygens (including phenoxy) is 1. The van der Waals surface area contributed by atoms with E-state index in [9.17, 15) is 9.59 Å². The maximum atomic E-state index is 11.1. The predicted molar refractivity (Wildman–Crippen MR) is 44.0 cm³/mol. The van der Waals surface area contributed by atoms with E-state index in [1.807, 2.05) is 0 Å². The van der Waals surface area contributed by atoms with Gasteiger partial charge in [0.1, 0.15) is 12.2 Å². The molecule has 3 atom stereocenters. The molecule has 0 aromatic heterocycles. The lowest BCUT2D eigenvalue weighted by Gasteiger charge is -2.33. The van der Waals surface area contributed by atoms with E-state index in [1.54, 1.807) is 6.92 Å². The molecule has 2 N–H and O–H groups in total. The first kappa shape index (κ1) is 9.26. The quantitative estimate of drug-likeness (QED) is 0.613. The Bertz CT molecular complexity index is 304. The van der Waals surface area contributed by atoms with Gasteiger partial charge in [0.05, 0.1) is 6.54 Å². The highest BCUT2D eigenvalue weighted by atomic mass is 16.6. The number of hydrogen-bond donors (Lipinski definition) is 2. The number of aliphatic carboxylic acids is 1. The van der Waals surface area contributed by atoms with Gasteiger partial charge in [-0.2, -0.15) is 0 Å². The van der Waals surface area contributed by atoms with Crippen LogP contribution in [0.5, 0.6) is 0 Å². The Labute approximate surface area is 80.1 Å². The molecule has 0 aliphatic carbocycles. The maximum Gasteiger partial charge on any atom is 0.408 e. The van der Waals surface area contributed by atoms with E-state index in [0.717, 1.165) is 4.90 Å². The minimum Gasteiger partial charge on any atom is -0.479 e. The number of hydrogen-bond acceptors (Lipinski definition) is 3. The SMILES string of the molecule is CCC1(C(=O)O)C2OC2CN1C(=O)O. The van der Waals surface area contributed by atoms with Gasteiger partial charge in [-0.05, 0) is 6.42 Å². The monoisotopic (exact) mass is 201 g/mol. The zero-order chi connectivity index (χ0) is 10.5. The molecule has 0 aromatic rings. The molecule has 78 valence electrons. The normalized spacial score (nSPS) is 39.4. The number of carboxylic acids is 1. The molecule has 2 rings (SSSR count). The van der Waals surface area contributed by atoms with E-state index in [1.165, 1.54) is 0 Å². The molecule has 2 saturated heterocycles. The van der Waals surface area contributed by atoms with Gasteiger partial charge in [0.15, 0.2) is 5.54 Å². The Morgan fingerprint density at radius 1 is 1.57 bits per heavy atom. The fourth-order valence-corrected chi connectivity index (χ4v) is 2.23. The second kappa shape index (κ2) is 2.60. The number of epoxide rings is 1. The Morgan fingerprint density at radius 2 is 2.21 bits per heavy atom. The third kappa shape index (κ3) is 0.886. The Kier molecular flexibility index (Phi) is 1.72. The van der Waals surface area contributed by atoms with Gasteiger partial charge in [-0.1, -0.05) is 6.92 Å². The zero-order valence-electron chi connectivity index (χ0n) is 7.64. The molecule has 2 heterocycles. The van der Waals surface area contributed by atoms with Gasteiger partial charge in [-0.15, -0.1) is 0 Å². The first-order chi connectivity index (χ1) is 6.54. The lowest BCUT2D eigenvalue weighted by molar-refractivity contribution is -0.151. The highest BCUT2D eigenvalue weighted by molar-refractivity contribution is 5.86. The van der Waals surface area contributed by atoms with Gasteiger partial charge in [0, 0.05) is 0 Å². The number of amides is 1. The van der Waals surface area contributed by atoms with Crippen molar-refractivity contribution in [2.45, 2.75) is 31.1 Å². The number of morpholine rings is 1. The molecule has 6 heteroatoms. The van der Waals surface area contributed by atoms with Gasteiger partial charge in [0.25, 0.3) is 0 Å². The van der Waals surface area contributed by atoms with E-state index < -0.39 is 23.7 Å². The number of nitrogens with zero attached hydrogens (tertiary/aromatic N) is 1. The van der Waals surface area contributed by atoms with Crippen molar-refractivity contribution < 1.29 is 24.5 Å². The number of likely N-dealkylation sites (tertiary alicyclic amines) is 1. The lowest BCUT2D eigenvalue weighted by atomic mass is 9.92. The molecule has 0 saturated carbocycles. The molecule has 0 bridgehead atoms. The van der Waals surface area contributed by atoms with Crippen LogP contribution in [0.15, 0.2) is 0 Å². The molecule has 6 nitrogen and oxygen atoms in total. The van der Waals surface area contributed by atoms with Crippen molar-refractivity contribution in [3.05, 3.63) is 0 Å². The van der Waals surface area contributed by atoms with E-state index in [0.29, 0.717) is 0 Å². The standard InChI is InChI=1S/C8H11NO5/c1-2-8(6(10)11)5-4(14-5)3-9(8)7(12)13/h4-5H,2-3H2,1H3,(H,10,11)(H,12,13). The molecule has 0 aromatic carbocycles. The van der Waals surface area contributed by atoms with Crippen LogP contribution in [0, 0.1) is 0 Å². The largest absolute Gasteiger partial charge is 0.479 e. The first-order valence-corrected chi connectivity index (χ1v) is 4.43. The highest BCUT2D eigenvalue weighted by Gasteiger charge is 2.69. The molecule has 14 heavy (non-hydrogen) atoms. The van der Waals surface area contributed by atoms with Crippen LogP contribution in [0.4, 0.5) is 4.79 Å². The molecular formula is C8H11NO5. The summed E-state index contributed by atoms with van der Waals surface area (Å²) in [6.45, 7) is 1.83. The molecular weight excluding hydrogens is 190 g/mol. The van der Waals surface area contributed by atoms with Crippen LogP contribution in [0.2, 0.25) is 0 Å². The molecule has 0 radical (unpaired) electrons. The molecule has 1 amide bonds. The summed E-state index contributed by atoms with van der Waals surface area (Å²) in [6.07, 6.45) is -1.64. The maximum absolute atomic E-state index is 11.1. The summed E-state index contributed by atoms with van der Waals surface area (Å²) < 4.78 is 5.12. The number of carboxylic acid groups (broad SMARTS) is 2. The second-order valence-electron chi connectivity index (χ2n) is 3.57. The zero-order valence-corrected chi connectivity index (χ0v) is 7.64. The number of carbonyl (C=O) groups is 2. The lowest BCUT2D eigenvalue weighted by Crippen LogP contribution is -2.56. The Morgan fingerprint density at radius 3 is 2.57 bits per heavy atom. The summed E-state index contributed by atoms with van der Waals surface area (Å²) in [5.41, 5.74) is -1.36.